The van der Waals surface area contributed by atoms with Gasteiger partial charge in [0, 0.05) is 6.04 Å². The van der Waals surface area contributed by atoms with Gasteiger partial charge in [-0.1, -0.05) is 38.8 Å². The van der Waals surface area contributed by atoms with Crippen LogP contribution in [0.4, 0.5) is 4.39 Å². The Kier molecular flexibility index (Phi) is 6.04. The molecule has 0 saturated heterocycles. The lowest BCUT2D eigenvalue weighted by molar-refractivity contribution is 0.221. The van der Waals surface area contributed by atoms with E-state index in [9.17, 15) is 4.39 Å². The fourth-order valence-electron chi connectivity index (χ4n) is 3.62. The molecule has 1 aliphatic carbocycles. The molecule has 0 aliphatic heterocycles. The Morgan fingerprint density at radius 2 is 2.19 bits per heavy atom. The molecule has 2 nitrogen and oxygen atoms in total. The summed E-state index contributed by atoms with van der Waals surface area (Å²) >= 11 is 0. The Balaban J connectivity index is 2.12. The summed E-state index contributed by atoms with van der Waals surface area (Å²) in [7, 11) is 1.52. The van der Waals surface area contributed by atoms with Crippen molar-refractivity contribution in [2.45, 2.75) is 52.0 Å². The topological polar surface area (TPSA) is 21.3 Å². The number of methoxy groups -OCH3 is 1. The van der Waals surface area contributed by atoms with Gasteiger partial charge in [0.25, 0.3) is 0 Å². The predicted octanol–water partition coefficient (Wildman–Crippen LogP) is 4.18. The molecule has 0 spiro atoms. The molecule has 1 fully saturated rings. The molecule has 3 unspecified atom stereocenters. The van der Waals surface area contributed by atoms with E-state index >= 15 is 0 Å². The van der Waals surface area contributed by atoms with Crippen molar-refractivity contribution in [3.63, 3.8) is 0 Å². The zero-order valence-electron chi connectivity index (χ0n) is 13.5. The third-order valence-corrected chi connectivity index (χ3v) is 4.72. The van der Waals surface area contributed by atoms with Crippen molar-refractivity contribution in [2.75, 3.05) is 13.7 Å². The van der Waals surface area contributed by atoms with Crippen molar-refractivity contribution in [2.24, 2.45) is 11.8 Å². The fourth-order valence-corrected chi connectivity index (χ4v) is 3.62. The largest absolute Gasteiger partial charge is 0.494 e. The molecule has 3 heteroatoms. The Morgan fingerprint density at radius 1 is 1.38 bits per heavy atom. The van der Waals surface area contributed by atoms with Gasteiger partial charge in [0.1, 0.15) is 0 Å². The van der Waals surface area contributed by atoms with Crippen LogP contribution >= 0.6 is 0 Å². The monoisotopic (exact) mass is 293 g/mol. The second kappa shape index (κ2) is 7.79. The van der Waals surface area contributed by atoms with Crippen molar-refractivity contribution in [3.8, 4) is 5.75 Å². The normalized spacial score (nSPS) is 23.8. The summed E-state index contributed by atoms with van der Waals surface area (Å²) in [5.74, 6) is 1.59. The standard InChI is InChI=1S/C18H28FNO/c1-4-20-16(14-8-5-7-13(2)11-14)12-15-9-6-10-17(21-3)18(15)19/h6,9-10,13-14,16,20H,4-5,7-8,11-12H2,1-3H3. The summed E-state index contributed by atoms with van der Waals surface area (Å²) in [5.41, 5.74) is 0.763. The molecule has 0 heterocycles. The number of halogens is 1. The van der Waals surface area contributed by atoms with Gasteiger partial charge < -0.3 is 10.1 Å². The SMILES string of the molecule is CCNC(Cc1cccc(OC)c1F)C1CCCC(C)C1. The third-order valence-electron chi connectivity index (χ3n) is 4.72. The molecule has 0 radical (unpaired) electrons. The van der Waals surface area contributed by atoms with Gasteiger partial charge in [-0.2, -0.15) is 0 Å². The van der Waals surface area contributed by atoms with Crippen LogP contribution < -0.4 is 10.1 Å². The first-order chi connectivity index (χ1) is 10.2. The summed E-state index contributed by atoms with van der Waals surface area (Å²) in [4.78, 5) is 0. The van der Waals surface area contributed by atoms with E-state index in [1.165, 1.54) is 32.8 Å². The van der Waals surface area contributed by atoms with E-state index in [2.05, 4.69) is 19.2 Å². The van der Waals surface area contributed by atoms with Crippen LogP contribution in [0, 0.1) is 17.7 Å². The maximum absolute atomic E-state index is 14.4. The van der Waals surface area contributed by atoms with Crippen LogP contribution in [0.25, 0.3) is 0 Å². The Labute approximate surface area is 128 Å². The molecule has 1 saturated carbocycles. The quantitative estimate of drug-likeness (QED) is 0.849. The van der Waals surface area contributed by atoms with Crippen LogP contribution in [0.15, 0.2) is 18.2 Å². The molecule has 21 heavy (non-hydrogen) atoms. The van der Waals surface area contributed by atoms with E-state index < -0.39 is 0 Å². The second-order valence-electron chi connectivity index (χ2n) is 6.33. The average molecular weight is 293 g/mol. The molecule has 118 valence electrons. The highest BCUT2D eigenvalue weighted by atomic mass is 19.1. The van der Waals surface area contributed by atoms with E-state index in [0.717, 1.165) is 24.4 Å². The molecule has 1 N–H and O–H groups in total. The van der Waals surface area contributed by atoms with Crippen molar-refractivity contribution < 1.29 is 9.13 Å². The average Bonchev–Trinajstić information content (AvgIpc) is 2.48. The van der Waals surface area contributed by atoms with Gasteiger partial charge in [0.2, 0.25) is 0 Å². The summed E-state index contributed by atoms with van der Waals surface area (Å²) in [6.07, 6.45) is 5.89. The molecule has 0 aromatic heterocycles. The minimum Gasteiger partial charge on any atom is -0.494 e. The third kappa shape index (κ3) is 4.19. The molecular weight excluding hydrogens is 265 g/mol. The number of likely N-dealkylation sites (N-methyl/N-ethyl adjacent to an activating group) is 1. The predicted molar refractivity (Wildman–Crippen MR) is 85.2 cm³/mol. The van der Waals surface area contributed by atoms with Crippen molar-refractivity contribution in [1.82, 2.24) is 5.32 Å². The van der Waals surface area contributed by atoms with E-state index in [4.69, 9.17) is 4.74 Å². The number of nitrogens with one attached hydrogen (secondary N) is 1. The highest BCUT2D eigenvalue weighted by molar-refractivity contribution is 5.31. The summed E-state index contributed by atoms with van der Waals surface area (Å²) in [6, 6.07) is 5.81. The van der Waals surface area contributed by atoms with Gasteiger partial charge in [-0.05, 0) is 49.3 Å². The first-order valence-corrected chi connectivity index (χ1v) is 8.20. The number of hydrogen-bond acceptors (Lipinski definition) is 2. The van der Waals surface area contributed by atoms with Gasteiger partial charge in [0.15, 0.2) is 11.6 Å². The van der Waals surface area contributed by atoms with Crippen molar-refractivity contribution >= 4 is 0 Å². The zero-order chi connectivity index (χ0) is 15.2. The van der Waals surface area contributed by atoms with E-state index in [1.807, 2.05) is 12.1 Å². The highest BCUT2D eigenvalue weighted by Crippen LogP contribution is 2.32. The number of ether oxygens (including phenoxy) is 1. The Bertz CT molecular complexity index is 449. The molecule has 1 aromatic carbocycles. The van der Waals surface area contributed by atoms with Crippen LogP contribution in [0.1, 0.15) is 45.1 Å². The summed E-state index contributed by atoms with van der Waals surface area (Å²) < 4.78 is 19.5. The number of benzene rings is 1. The van der Waals surface area contributed by atoms with Crippen LogP contribution in [0.3, 0.4) is 0 Å². The van der Waals surface area contributed by atoms with Gasteiger partial charge in [-0.15, -0.1) is 0 Å². The van der Waals surface area contributed by atoms with Gasteiger partial charge in [0.05, 0.1) is 7.11 Å². The Hall–Kier alpha value is -1.09. The molecule has 2 rings (SSSR count). The van der Waals surface area contributed by atoms with Crippen LogP contribution in [0.2, 0.25) is 0 Å². The van der Waals surface area contributed by atoms with Gasteiger partial charge in [-0.3, -0.25) is 0 Å². The summed E-state index contributed by atoms with van der Waals surface area (Å²) in [6.45, 7) is 5.39. The molecule has 0 amide bonds. The smallest absolute Gasteiger partial charge is 0.168 e. The molecule has 0 bridgehead atoms. The molecule has 1 aromatic rings. The van der Waals surface area contributed by atoms with Crippen molar-refractivity contribution in [1.29, 1.82) is 0 Å². The maximum atomic E-state index is 14.4. The first kappa shape index (κ1) is 16.3. The van der Waals surface area contributed by atoms with Crippen LogP contribution in [-0.2, 0) is 6.42 Å². The zero-order valence-corrected chi connectivity index (χ0v) is 13.5. The van der Waals surface area contributed by atoms with Crippen LogP contribution in [-0.4, -0.2) is 19.7 Å². The number of rotatable bonds is 6. The Morgan fingerprint density at radius 3 is 2.86 bits per heavy atom. The lowest BCUT2D eigenvalue weighted by Crippen LogP contribution is -2.40. The first-order valence-electron chi connectivity index (χ1n) is 8.20. The molecule has 3 atom stereocenters. The lowest BCUT2D eigenvalue weighted by atomic mass is 9.77. The fraction of sp³-hybridized carbons (Fsp3) is 0.667. The van der Waals surface area contributed by atoms with Gasteiger partial charge in [-0.25, -0.2) is 4.39 Å². The number of hydrogen-bond donors (Lipinski definition) is 1. The highest BCUT2D eigenvalue weighted by Gasteiger charge is 2.27. The minimum atomic E-state index is -0.202. The lowest BCUT2D eigenvalue weighted by Gasteiger charge is -2.34. The summed E-state index contributed by atoms with van der Waals surface area (Å²) in [5, 5.41) is 3.58. The van der Waals surface area contributed by atoms with Crippen molar-refractivity contribution in [3.05, 3.63) is 29.6 Å². The minimum absolute atomic E-state index is 0.202. The molecule has 1 aliphatic rings. The van der Waals surface area contributed by atoms with E-state index in [0.29, 0.717) is 17.7 Å². The van der Waals surface area contributed by atoms with E-state index in [1.54, 1.807) is 6.07 Å². The van der Waals surface area contributed by atoms with E-state index in [-0.39, 0.29) is 5.82 Å². The second-order valence-corrected chi connectivity index (χ2v) is 6.33. The van der Waals surface area contributed by atoms with Gasteiger partial charge >= 0.3 is 0 Å². The van der Waals surface area contributed by atoms with Crippen LogP contribution in [0.5, 0.6) is 5.75 Å². The maximum Gasteiger partial charge on any atom is 0.168 e. The molecular formula is C18H28FNO.